The molecule has 0 fully saturated rings. The lowest BCUT2D eigenvalue weighted by Gasteiger charge is -2.19. The van der Waals surface area contributed by atoms with E-state index >= 15 is 0 Å². The minimum absolute atomic E-state index is 0.0143. The molecule has 0 radical (unpaired) electrons. The monoisotopic (exact) mass is 393 g/mol. The third-order valence-electron chi connectivity index (χ3n) is 3.78. The molecule has 0 heterocycles. The van der Waals surface area contributed by atoms with Gasteiger partial charge in [0, 0.05) is 4.90 Å². The molecule has 6 nitrogen and oxygen atoms in total. The summed E-state index contributed by atoms with van der Waals surface area (Å²) in [5, 5.41) is 11.8. The Hall–Kier alpha value is -2.74. The molecule has 0 saturated heterocycles. The second kappa shape index (κ2) is 9.27. The van der Waals surface area contributed by atoms with Gasteiger partial charge in [0.2, 0.25) is 0 Å². The predicted molar refractivity (Wildman–Crippen MR) is 99.8 cm³/mol. The van der Waals surface area contributed by atoms with E-state index in [1.54, 1.807) is 23.9 Å². The van der Waals surface area contributed by atoms with E-state index in [4.69, 9.17) is 9.47 Å². The van der Waals surface area contributed by atoms with Gasteiger partial charge in [0.1, 0.15) is 5.75 Å². The fourth-order valence-electron chi connectivity index (χ4n) is 2.32. The zero-order valence-electron chi connectivity index (χ0n) is 15.1. The number of ether oxygens (including phenoxy) is 2. The maximum absolute atomic E-state index is 13.9. The summed E-state index contributed by atoms with van der Waals surface area (Å²) in [5.74, 6) is -2.19. The Kier molecular flexibility index (Phi) is 7.06. The van der Waals surface area contributed by atoms with Crippen LogP contribution in [0.15, 0.2) is 47.4 Å². The van der Waals surface area contributed by atoms with Gasteiger partial charge in [-0.25, -0.2) is 9.18 Å². The van der Waals surface area contributed by atoms with Crippen LogP contribution in [0.3, 0.4) is 0 Å². The van der Waals surface area contributed by atoms with E-state index in [0.717, 1.165) is 11.0 Å². The van der Waals surface area contributed by atoms with E-state index in [1.807, 2.05) is 18.4 Å². The number of hydrogen-bond donors (Lipinski definition) is 2. The molecule has 2 unspecified atom stereocenters. The molecule has 0 aliphatic carbocycles. The van der Waals surface area contributed by atoms with Gasteiger partial charge in [-0.15, -0.1) is 11.8 Å². The fourth-order valence-corrected chi connectivity index (χ4v) is 2.73. The SMILES string of the molecule is COc1ccc(C(NC(=O)C(C)Oc2ccc(SC)cc2)C(=O)O)cc1F. The first kappa shape index (κ1) is 20.6. The van der Waals surface area contributed by atoms with Crippen molar-refractivity contribution in [2.75, 3.05) is 13.4 Å². The summed E-state index contributed by atoms with van der Waals surface area (Å²) in [6, 6.07) is 9.45. The number of thioether (sulfide) groups is 1. The number of amides is 1. The van der Waals surface area contributed by atoms with Crippen LogP contribution in [0.2, 0.25) is 0 Å². The molecule has 0 aromatic heterocycles. The van der Waals surface area contributed by atoms with Gasteiger partial charge < -0.3 is 19.9 Å². The van der Waals surface area contributed by atoms with Crippen LogP contribution in [0.4, 0.5) is 4.39 Å². The van der Waals surface area contributed by atoms with Crippen molar-refractivity contribution in [3.05, 3.63) is 53.8 Å². The van der Waals surface area contributed by atoms with Crippen LogP contribution in [0.1, 0.15) is 18.5 Å². The Morgan fingerprint density at radius 1 is 1.19 bits per heavy atom. The van der Waals surface area contributed by atoms with Crippen molar-refractivity contribution in [2.24, 2.45) is 0 Å². The van der Waals surface area contributed by atoms with Crippen LogP contribution >= 0.6 is 11.8 Å². The molecule has 2 aromatic carbocycles. The zero-order chi connectivity index (χ0) is 20.0. The van der Waals surface area contributed by atoms with Gasteiger partial charge >= 0.3 is 5.97 Å². The highest BCUT2D eigenvalue weighted by molar-refractivity contribution is 7.98. The molecule has 8 heteroatoms. The number of halogens is 1. The quantitative estimate of drug-likeness (QED) is 0.670. The molecule has 144 valence electrons. The number of nitrogens with one attached hydrogen (secondary N) is 1. The van der Waals surface area contributed by atoms with Crippen LogP contribution in [-0.4, -0.2) is 36.5 Å². The largest absolute Gasteiger partial charge is 0.494 e. The number of carboxylic acid groups (broad SMARTS) is 1. The number of methoxy groups -OCH3 is 1. The number of carbonyl (C=O) groups excluding carboxylic acids is 1. The first-order valence-corrected chi connectivity index (χ1v) is 9.25. The Labute approximate surface area is 160 Å². The third kappa shape index (κ3) is 5.37. The van der Waals surface area contributed by atoms with Crippen molar-refractivity contribution in [3.63, 3.8) is 0 Å². The van der Waals surface area contributed by atoms with Crippen LogP contribution in [0.5, 0.6) is 11.5 Å². The van der Waals surface area contributed by atoms with Crippen LogP contribution in [0.25, 0.3) is 0 Å². The highest BCUT2D eigenvalue weighted by Gasteiger charge is 2.26. The molecular weight excluding hydrogens is 373 g/mol. The maximum Gasteiger partial charge on any atom is 0.330 e. The summed E-state index contributed by atoms with van der Waals surface area (Å²) < 4.78 is 24.2. The molecule has 2 aromatic rings. The topological polar surface area (TPSA) is 84.9 Å². The van der Waals surface area contributed by atoms with Gasteiger partial charge in [0.15, 0.2) is 23.7 Å². The predicted octanol–water partition coefficient (Wildman–Crippen LogP) is 3.27. The Balaban J connectivity index is 2.09. The van der Waals surface area contributed by atoms with E-state index in [2.05, 4.69) is 5.32 Å². The van der Waals surface area contributed by atoms with E-state index in [1.165, 1.54) is 26.2 Å². The molecule has 2 rings (SSSR count). The van der Waals surface area contributed by atoms with E-state index in [0.29, 0.717) is 5.75 Å². The standard InChI is InChI=1S/C19H20FNO5S/c1-11(26-13-5-7-14(27-3)8-6-13)18(22)21-17(19(23)24)12-4-9-16(25-2)15(20)10-12/h4-11,17H,1-3H3,(H,21,22)(H,23,24). The van der Waals surface area contributed by atoms with Gasteiger partial charge in [0.05, 0.1) is 7.11 Å². The van der Waals surface area contributed by atoms with Crippen LogP contribution in [-0.2, 0) is 9.59 Å². The second-order valence-corrected chi connectivity index (χ2v) is 6.49. The van der Waals surface area contributed by atoms with Crippen molar-refractivity contribution in [1.29, 1.82) is 0 Å². The highest BCUT2D eigenvalue weighted by atomic mass is 32.2. The lowest BCUT2D eigenvalue weighted by atomic mass is 10.1. The number of benzene rings is 2. The van der Waals surface area contributed by atoms with Crippen molar-refractivity contribution < 1.29 is 28.6 Å². The lowest BCUT2D eigenvalue weighted by molar-refractivity contribution is -0.143. The summed E-state index contributed by atoms with van der Waals surface area (Å²) in [5.41, 5.74) is 0.0886. The van der Waals surface area contributed by atoms with Gasteiger partial charge in [-0.2, -0.15) is 0 Å². The first-order valence-electron chi connectivity index (χ1n) is 8.03. The summed E-state index contributed by atoms with van der Waals surface area (Å²) >= 11 is 1.58. The molecule has 0 aliphatic rings. The summed E-state index contributed by atoms with van der Waals surface area (Å²) in [4.78, 5) is 24.9. The Morgan fingerprint density at radius 2 is 1.85 bits per heavy atom. The smallest absolute Gasteiger partial charge is 0.330 e. The van der Waals surface area contributed by atoms with Crippen molar-refractivity contribution in [3.8, 4) is 11.5 Å². The highest BCUT2D eigenvalue weighted by Crippen LogP contribution is 2.23. The van der Waals surface area contributed by atoms with Crippen LogP contribution in [0, 0.1) is 5.82 Å². The molecule has 2 N–H and O–H groups in total. The summed E-state index contributed by atoms with van der Waals surface area (Å²) in [6.45, 7) is 1.51. The van der Waals surface area contributed by atoms with Gasteiger partial charge in [-0.3, -0.25) is 4.79 Å². The van der Waals surface area contributed by atoms with Gasteiger partial charge in [-0.1, -0.05) is 6.07 Å². The second-order valence-electron chi connectivity index (χ2n) is 5.61. The van der Waals surface area contributed by atoms with Gasteiger partial charge in [-0.05, 0) is 55.1 Å². The third-order valence-corrected chi connectivity index (χ3v) is 4.53. The maximum atomic E-state index is 13.9. The number of carboxylic acids is 1. The Morgan fingerprint density at radius 3 is 2.37 bits per heavy atom. The number of aliphatic carboxylic acids is 1. The fraction of sp³-hybridized carbons (Fsp3) is 0.263. The Bertz CT molecular complexity index is 812. The normalized spacial score (nSPS) is 12.7. The average molecular weight is 393 g/mol. The summed E-state index contributed by atoms with van der Waals surface area (Å²) in [6.07, 6.45) is 1.01. The molecular formula is C19H20FNO5S. The number of hydrogen-bond acceptors (Lipinski definition) is 5. The van der Waals surface area contributed by atoms with Crippen LogP contribution < -0.4 is 14.8 Å². The molecule has 27 heavy (non-hydrogen) atoms. The lowest BCUT2D eigenvalue weighted by Crippen LogP contribution is -2.41. The van der Waals surface area contributed by atoms with E-state index in [-0.39, 0.29) is 11.3 Å². The molecule has 0 bridgehead atoms. The first-order chi connectivity index (χ1) is 12.8. The molecule has 0 saturated carbocycles. The average Bonchev–Trinajstić information content (AvgIpc) is 2.66. The zero-order valence-corrected chi connectivity index (χ0v) is 15.9. The molecule has 0 spiro atoms. The molecule has 0 aliphatic heterocycles. The minimum atomic E-state index is -1.41. The van der Waals surface area contributed by atoms with Crippen molar-refractivity contribution >= 4 is 23.6 Å². The van der Waals surface area contributed by atoms with Gasteiger partial charge in [0.25, 0.3) is 5.91 Å². The van der Waals surface area contributed by atoms with E-state index in [9.17, 15) is 19.1 Å². The van der Waals surface area contributed by atoms with E-state index < -0.39 is 29.8 Å². The van der Waals surface area contributed by atoms with Crippen molar-refractivity contribution in [1.82, 2.24) is 5.32 Å². The summed E-state index contributed by atoms with van der Waals surface area (Å²) in [7, 11) is 1.30. The number of carbonyl (C=O) groups is 2. The van der Waals surface area contributed by atoms with Crippen molar-refractivity contribution in [2.45, 2.75) is 24.0 Å². The number of rotatable bonds is 8. The molecule has 1 amide bonds. The minimum Gasteiger partial charge on any atom is -0.494 e. The molecule has 2 atom stereocenters.